The number of nitriles is 1. The van der Waals surface area contributed by atoms with Crippen molar-refractivity contribution in [1.29, 1.82) is 5.26 Å². The number of nitrogens with one attached hydrogen (secondary N) is 1. The third kappa shape index (κ3) is 5.01. The Balaban J connectivity index is 1.63. The zero-order chi connectivity index (χ0) is 19.1. The number of nitrogens with zero attached hydrogens (tertiary/aromatic N) is 4. The quantitative estimate of drug-likeness (QED) is 0.414. The molecule has 0 saturated carbocycles. The monoisotopic (exact) mass is 413 g/mol. The molecule has 1 unspecified atom stereocenters. The number of hydrogen-bond acceptors (Lipinski definition) is 9. The van der Waals surface area contributed by atoms with E-state index in [0.717, 1.165) is 11.3 Å². The van der Waals surface area contributed by atoms with Crippen molar-refractivity contribution in [3.05, 3.63) is 53.4 Å². The van der Waals surface area contributed by atoms with E-state index in [1.807, 2.05) is 35.7 Å². The lowest BCUT2D eigenvalue weighted by Crippen LogP contribution is -2.13. The van der Waals surface area contributed by atoms with Crippen molar-refractivity contribution in [3.8, 4) is 17.3 Å². The molecule has 3 aromatic rings. The minimum Gasteiger partial charge on any atom is -0.357 e. The Morgan fingerprint density at radius 1 is 1.37 bits per heavy atom. The fourth-order valence-electron chi connectivity index (χ4n) is 2.14. The summed E-state index contributed by atoms with van der Waals surface area (Å²) in [7, 11) is 0. The molecule has 1 atom stereocenters. The second-order valence-corrected chi connectivity index (χ2v) is 8.39. The van der Waals surface area contributed by atoms with Gasteiger partial charge < -0.3 is 5.32 Å². The first-order valence-electron chi connectivity index (χ1n) is 7.95. The Hall–Kier alpha value is -2.54. The number of carbonyl (C=O) groups excluding carboxylic acids is 1. The number of ketones is 1. The number of anilines is 1. The van der Waals surface area contributed by atoms with Crippen LogP contribution in [0.3, 0.4) is 0 Å². The molecule has 0 bridgehead atoms. The first kappa shape index (κ1) is 19.2. The Labute approximate surface area is 169 Å². The van der Waals surface area contributed by atoms with Crippen LogP contribution in [0.5, 0.6) is 0 Å². The maximum Gasteiger partial charge on any atom is 0.206 e. The maximum absolute atomic E-state index is 12.5. The standard InChI is InChI=1S/C18H15N5OS3/c1-2-8-20-17-22-23-18(27-17)26-11-15(24)13(9-19)16-21-14(10-25-16)12-6-4-3-5-7-12/h2-7,10,13H,1,8,11H2,(H,20,22). The van der Waals surface area contributed by atoms with Crippen molar-refractivity contribution in [1.82, 2.24) is 15.2 Å². The van der Waals surface area contributed by atoms with Crippen LogP contribution in [-0.2, 0) is 4.79 Å². The SMILES string of the molecule is C=CCNc1nnc(SCC(=O)C(C#N)c2nc(-c3ccccc3)cs2)s1. The summed E-state index contributed by atoms with van der Waals surface area (Å²) < 4.78 is 0.677. The van der Waals surface area contributed by atoms with Crippen LogP contribution in [0.4, 0.5) is 5.13 Å². The second kappa shape index (κ2) is 9.41. The highest BCUT2D eigenvalue weighted by atomic mass is 32.2. The highest BCUT2D eigenvalue weighted by Gasteiger charge is 2.24. The van der Waals surface area contributed by atoms with Gasteiger partial charge in [0.1, 0.15) is 5.01 Å². The van der Waals surface area contributed by atoms with E-state index in [9.17, 15) is 10.1 Å². The maximum atomic E-state index is 12.5. The third-order valence-electron chi connectivity index (χ3n) is 3.43. The van der Waals surface area contributed by atoms with Crippen LogP contribution < -0.4 is 5.32 Å². The lowest BCUT2D eigenvalue weighted by atomic mass is 10.1. The molecule has 0 aliphatic heterocycles. The molecular formula is C18H15N5OS3. The average Bonchev–Trinajstić information content (AvgIpc) is 3.36. The fraction of sp³-hybridized carbons (Fsp3) is 0.167. The van der Waals surface area contributed by atoms with Gasteiger partial charge in [0.25, 0.3) is 0 Å². The molecule has 136 valence electrons. The Bertz CT molecular complexity index is 961. The van der Waals surface area contributed by atoms with Crippen LogP contribution >= 0.6 is 34.4 Å². The number of Topliss-reactive ketones (excluding diaryl/α,β-unsaturated/α-hetero) is 1. The number of thiazole rings is 1. The highest BCUT2D eigenvalue weighted by molar-refractivity contribution is 8.01. The van der Waals surface area contributed by atoms with E-state index in [1.165, 1.54) is 34.4 Å². The zero-order valence-electron chi connectivity index (χ0n) is 14.2. The molecule has 1 aromatic carbocycles. The Kier molecular flexibility index (Phi) is 6.70. The molecule has 0 aliphatic rings. The summed E-state index contributed by atoms with van der Waals surface area (Å²) in [6.45, 7) is 4.23. The zero-order valence-corrected chi connectivity index (χ0v) is 16.6. The molecule has 6 nitrogen and oxygen atoms in total. The van der Waals surface area contributed by atoms with Gasteiger partial charge in [0, 0.05) is 17.5 Å². The molecule has 0 fully saturated rings. The molecule has 0 saturated heterocycles. The molecule has 0 aliphatic carbocycles. The summed E-state index contributed by atoms with van der Waals surface area (Å²) in [6, 6.07) is 11.8. The number of rotatable bonds is 9. The van der Waals surface area contributed by atoms with Crippen LogP contribution in [0.25, 0.3) is 11.3 Å². The summed E-state index contributed by atoms with van der Waals surface area (Å²) in [5.74, 6) is -0.910. The van der Waals surface area contributed by atoms with E-state index in [-0.39, 0.29) is 11.5 Å². The summed E-state index contributed by atoms with van der Waals surface area (Å²) in [5, 5.41) is 23.6. The van der Waals surface area contributed by atoms with Gasteiger partial charge >= 0.3 is 0 Å². The predicted octanol–water partition coefficient (Wildman–Crippen LogP) is 4.23. The van der Waals surface area contributed by atoms with Crippen molar-refractivity contribution >= 4 is 45.4 Å². The molecule has 0 amide bonds. The van der Waals surface area contributed by atoms with Gasteiger partial charge in [0.15, 0.2) is 16.0 Å². The van der Waals surface area contributed by atoms with E-state index in [0.29, 0.717) is 21.0 Å². The lowest BCUT2D eigenvalue weighted by Gasteiger charge is -2.03. The number of benzene rings is 1. The van der Waals surface area contributed by atoms with Gasteiger partial charge in [0.2, 0.25) is 5.13 Å². The Morgan fingerprint density at radius 2 is 2.19 bits per heavy atom. The van der Waals surface area contributed by atoms with Gasteiger partial charge in [-0.3, -0.25) is 4.79 Å². The van der Waals surface area contributed by atoms with Gasteiger partial charge in [-0.05, 0) is 0 Å². The van der Waals surface area contributed by atoms with Gasteiger partial charge in [-0.1, -0.05) is 59.5 Å². The van der Waals surface area contributed by atoms with E-state index in [4.69, 9.17) is 0 Å². The van der Waals surface area contributed by atoms with Gasteiger partial charge in [0.05, 0.1) is 17.5 Å². The smallest absolute Gasteiger partial charge is 0.206 e. The average molecular weight is 414 g/mol. The molecule has 27 heavy (non-hydrogen) atoms. The summed E-state index contributed by atoms with van der Waals surface area (Å²) in [6.07, 6.45) is 1.73. The Morgan fingerprint density at radius 3 is 2.93 bits per heavy atom. The first-order valence-corrected chi connectivity index (χ1v) is 10.6. The van der Waals surface area contributed by atoms with Crippen LogP contribution in [0.2, 0.25) is 0 Å². The van der Waals surface area contributed by atoms with Crippen molar-refractivity contribution in [2.45, 2.75) is 10.3 Å². The summed E-state index contributed by atoms with van der Waals surface area (Å²) in [4.78, 5) is 17.0. The van der Waals surface area contributed by atoms with Crippen molar-refractivity contribution in [2.24, 2.45) is 0 Å². The van der Waals surface area contributed by atoms with Crippen LogP contribution in [0, 0.1) is 11.3 Å². The van der Waals surface area contributed by atoms with E-state index in [1.54, 1.807) is 6.08 Å². The molecule has 0 radical (unpaired) electrons. The topological polar surface area (TPSA) is 91.6 Å². The molecule has 0 spiro atoms. The van der Waals surface area contributed by atoms with Gasteiger partial charge in [-0.2, -0.15) is 5.26 Å². The summed E-state index contributed by atoms with van der Waals surface area (Å²) >= 11 is 3.98. The normalized spacial score (nSPS) is 11.5. The lowest BCUT2D eigenvalue weighted by molar-refractivity contribution is -0.116. The first-order chi connectivity index (χ1) is 13.2. The van der Waals surface area contributed by atoms with E-state index in [2.05, 4.69) is 33.1 Å². The van der Waals surface area contributed by atoms with E-state index < -0.39 is 5.92 Å². The largest absolute Gasteiger partial charge is 0.357 e. The van der Waals surface area contributed by atoms with Crippen LogP contribution in [0.1, 0.15) is 10.9 Å². The van der Waals surface area contributed by atoms with E-state index >= 15 is 0 Å². The number of carbonyl (C=O) groups is 1. The number of aromatic nitrogens is 3. The van der Waals surface area contributed by atoms with Crippen molar-refractivity contribution in [2.75, 3.05) is 17.6 Å². The molecular weight excluding hydrogens is 398 g/mol. The van der Waals surface area contributed by atoms with Gasteiger partial charge in [-0.25, -0.2) is 4.98 Å². The number of thioether (sulfide) groups is 1. The van der Waals surface area contributed by atoms with Crippen molar-refractivity contribution in [3.63, 3.8) is 0 Å². The van der Waals surface area contributed by atoms with Gasteiger partial charge in [-0.15, -0.1) is 28.1 Å². The second-order valence-electron chi connectivity index (χ2n) is 5.30. The molecule has 9 heteroatoms. The van der Waals surface area contributed by atoms with Crippen molar-refractivity contribution < 1.29 is 4.79 Å². The predicted molar refractivity (Wildman–Crippen MR) is 110 cm³/mol. The van der Waals surface area contributed by atoms with Crippen LogP contribution in [-0.4, -0.2) is 33.3 Å². The fourth-order valence-corrected chi connectivity index (χ4v) is 4.70. The third-order valence-corrected chi connectivity index (χ3v) is 6.38. The minimum absolute atomic E-state index is 0.147. The molecule has 2 heterocycles. The molecule has 3 rings (SSSR count). The molecule has 1 N–H and O–H groups in total. The van der Waals surface area contributed by atoms with Crippen LogP contribution in [0.15, 0.2) is 52.7 Å². The number of hydrogen-bond donors (Lipinski definition) is 1. The molecule has 2 aromatic heterocycles. The summed E-state index contributed by atoms with van der Waals surface area (Å²) in [5.41, 5.74) is 1.74. The highest BCUT2D eigenvalue weighted by Crippen LogP contribution is 2.30. The minimum atomic E-state index is -0.869.